The monoisotopic (exact) mass is 241 g/mol. The Morgan fingerprint density at radius 2 is 1.78 bits per heavy atom. The second-order valence-corrected chi connectivity index (χ2v) is 5.22. The number of benzene rings is 1. The third-order valence-corrected chi connectivity index (χ3v) is 3.58. The van der Waals surface area contributed by atoms with Gasteiger partial charge in [-0.15, -0.1) is 0 Å². The van der Waals surface area contributed by atoms with Crippen molar-refractivity contribution in [2.45, 2.75) is 32.3 Å². The molecule has 0 saturated carbocycles. The Hall–Kier alpha value is -1.67. The van der Waals surface area contributed by atoms with E-state index in [-0.39, 0.29) is 5.41 Å². The van der Waals surface area contributed by atoms with Gasteiger partial charge in [0.1, 0.15) is 0 Å². The van der Waals surface area contributed by atoms with Crippen LogP contribution >= 0.6 is 0 Å². The lowest BCUT2D eigenvalue weighted by Gasteiger charge is -2.32. The fraction of sp³-hybridized carbons (Fsp3) is 0.312. The summed E-state index contributed by atoms with van der Waals surface area (Å²) in [6, 6.07) is 12.0. The summed E-state index contributed by atoms with van der Waals surface area (Å²) in [7, 11) is 0. The first-order valence-electron chi connectivity index (χ1n) is 6.17. The molecule has 2 aromatic rings. The van der Waals surface area contributed by atoms with Gasteiger partial charge in [0, 0.05) is 23.4 Å². The van der Waals surface area contributed by atoms with Crippen molar-refractivity contribution in [1.82, 2.24) is 4.98 Å². The van der Waals surface area contributed by atoms with Crippen molar-refractivity contribution in [2.75, 3.05) is 0 Å². The lowest BCUT2D eigenvalue weighted by molar-refractivity contribution is 0.0993. The van der Waals surface area contributed by atoms with Gasteiger partial charge in [0.05, 0.1) is 6.10 Å². The molecule has 1 heterocycles. The summed E-state index contributed by atoms with van der Waals surface area (Å²) in [5.74, 6) is 0. The number of aliphatic hydroxyl groups excluding tert-OH is 1. The van der Waals surface area contributed by atoms with E-state index in [1.807, 2.05) is 31.2 Å². The topological polar surface area (TPSA) is 33.1 Å². The summed E-state index contributed by atoms with van der Waals surface area (Å²) in [6.45, 7) is 6.11. The van der Waals surface area contributed by atoms with Crippen LogP contribution in [-0.2, 0) is 5.41 Å². The van der Waals surface area contributed by atoms with Crippen LogP contribution in [0.4, 0.5) is 0 Å². The lowest BCUT2D eigenvalue weighted by Crippen LogP contribution is -2.27. The summed E-state index contributed by atoms with van der Waals surface area (Å²) < 4.78 is 0. The molecule has 0 aliphatic rings. The molecule has 0 amide bonds. The van der Waals surface area contributed by atoms with Gasteiger partial charge in [0.15, 0.2) is 0 Å². The number of hydrogen-bond donors (Lipinski definition) is 1. The number of hydrogen-bond acceptors (Lipinski definition) is 2. The molecule has 1 atom stereocenters. The van der Waals surface area contributed by atoms with E-state index in [1.54, 1.807) is 12.4 Å². The number of aryl methyl sites for hydroxylation is 1. The van der Waals surface area contributed by atoms with Gasteiger partial charge in [-0.3, -0.25) is 4.98 Å². The second-order valence-electron chi connectivity index (χ2n) is 5.22. The molecule has 1 unspecified atom stereocenters. The minimum absolute atomic E-state index is 0.338. The normalized spacial score (nSPS) is 13.3. The van der Waals surface area contributed by atoms with Gasteiger partial charge in [-0.2, -0.15) is 0 Å². The molecule has 0 aliphatic heterocycles. The van der Waals surface area contributed by atoms with Crippen LogP contribution in [-0.4, -0.2) is 10.1 Å². The van der Waals surface area contributed by atoms with Gasteiger partial charge in [0.2, 0.25) is 0 Å². The van der Waals surface area contributed by atoms with Gasteiger partial charge < -0.3 is 5.11 Å². The van der Waals surface area contributed by atoms with Crippen LogP contribution in [0, 0.1) is 6.92 Å². The Kier molecular flexibility index (Phi) is 3.48. The zero-order valence-electron chi connectivity index (χ0n) is 11.1. The zero-order valence-corrected chi connectivity index (χ0v) is 11.1. The highest BCUT2D eigenvalue weighted by Crippen LogP contribution is 2.37. The Bertz CT molecular complexity index is 520. The first-order valence-corrected chi connectivity index (χ1v) is 6.17. The molecule has 0 bridgehead atoms. The SMILES string of the molecule is Cc1ccncc1C(O)C(C)(C)c1ccccc1. The molecule has 0 radical (unpaired) electrons. The van der Waals surface area contributed by atoms with Crippen LogP contribution in [0.25, 0.3) is 0 Å². The molecule has 0 saturated heterocycles. The molecule has 0 fully saturated rings. The maximum Gasteiger partial charge on any atom is 0.0898 e. The van der Waals surface area contributed by atoms with Gasteiger partial charge in [-0.1, -0.05) is 44.2 Å². The number of nitrogens with zero attached hydrogens (tertiary/aromatic N) is 1. The van der Waals surface area contributed by atoms with E-state index in [1.165, 1.54) is 0 Å². The highest BCUT2D eigenvalue weighted by atomic mass is 16.3. The van der Waals surface area contributed by atoms with Gasteiger partial charge >= 0.3 is 0 Å². The summed E-state index contributed by atoms with van der Waals surface area (Å²) in [4.78, 5) is 4.11. The summed E-state index contributed by atoms with van der Waals surface area (Å²) in [5, 5.41) is 10.6. The Morgan fingerprint density at radius 1 is 1.11 bits per heavy atom. The maximum atomic E-state index is 10.6. The quantitative estimate of drug-likeness (QED) is 0.893. The fourth-order valence-electron chi connectivity index (χ4n) is 2.18. The van der Waals surface area contributed by atoms with Gasteiger partial charge in [-0.25, -0.2) is 0 Å². The van der Waals surface area contributed by atoms with Crippen molar-refractivity contribution >= 4 is 0 Å². The minimum atomic E-state index is -0.561. The van der Waals surface area contributed by atoms with Gasteiger partial charge in [-0.05, 0) is 24.1 Å². The highest BCUT2D eigenvalue weighted by Gasteiger charge is 2.31. The van der Waals surface area contributed by atoms with Crippen LogP contribution in [0.2, 0.25) is 0 Å². The van der Waals surface area contributed by atoms with E-state index < -0.39 is 6.10 Å². The third-order valence-electron chi connectivity index (χ3n) is 3.58. The van der Waals surface area contributed by atoms with Crippen molar-refractivity contribution < 1.29 is 5.11 Å². The smallest absolute Gasteiger partial charge is 0.0898 e. The molecule has 0 spiro atoms. The summed E-state index contributed by atoms with van der Waals surface area (Å²) in [5.41, 5.74) is 2.75. The van der Waals surface area contributed by atoms with Crippen LogP contribution in [0.5, 0.6) is 0 Å². The number of rotatable bonds is 3. The Labute approximate surface area is 108 Å². The van der Waals surface area contributed by atoms with E-state index in [0.717, 1.165) is 16.7 Å². The zero-order chi connectivity index (χ0) is 13.2. The van der Waals surface area contributed by atoms with Gasteiger partial charge in [0.25, 0.3) is 0 Å². The van der Waals surface area contributed by atoms with Crippen molar-refractivity contribution in [2.24, 2.45) is 0 Å². The van der Waals surface area contributed by atoms with Crippen molar-refractivity contribution in [3.05, 3.63) is 65.5 Å². The first kappa shape index (κ1) is 12.8. The maximum absolute atomic E-state index is 10.6. The average molecular weight is 241 g/mol. The number of pyridine rings is 1. The van der Waals surface area contributed by atoms with E-state index >= 15 is 0 Å². The van der Waals surface area contributed by atoms with Crippen molar-refractivity contribution in [1.29, 1.82) is 0 Å². The molecular weight excluding hydrogens is 222 g/mol. The minimum Gasteiger partial charge on any atom is -0.387 e. The highest BCUT2D eigenvalue weighted by molar-refractivity contribution is 5.32. The lowest BCUT2D eigenvalue weighted by atomic mass is 9.76. The molecule has 2 heteroatoms. The molecule has 2 rings (SSSR count). The number of aromatic nitrogens is 1. The molecule has 1 aromatic carbocycles. The summed E-state index contributed by atoms with van der Waals surface area (Å²) in [6.07, 6.45) is 2.94. The van der Waals surface area contributed by atoms with Crippen LogP contribution < -0.4 is 0 Å². The first-order chi connectivity index (χ1) is 8.53. The Balaban J connectivity index is 2.39. The van der Waals surface area contributed by atoms with E-state index in [2.05, 4.69) is 31.0 Å². The molecule has 2 nitrogen and oxygen atoms in total. The molecule has 0 aliphatic carbocycles. The standard InChI is InChI=1S/C16H19NO/c1-12-9-10-17-11-14(12)15(18)16(2,3)13-7-5-4-6-8-13/h4-11,15,18H,1-3H3. The van der Waals surface area contributed by atoms with Crippen LogP contribution in [0.1, 0.15) is 36.6 Å². The van der Waals surface area contributed by atoms with Crippen LogP contribution in [0.15, 0.2) is 48.8 Å². The Morgan fingerprint density at radius 3 is 2.39 bits per heavy atom. The van der Waals surface area contributed by atoms with E-state index in [4.69, 9.17) is 0 Å². The molecule has 18 heavy (non-hydrogen) atoms. The van der Waals surface area contributed by atoms with Crippen molar-refractivity contribution in [3.63, 3.8) is 0 Å². The molecule has 1 aromatic heterocycles. The van der Waals surface area contributed by atoms with Crippen LogP contribution in [0.3, 0.4) is 0 Å². The molecular formula is C16H19NO. The number of aliphatic hydroxyl groups is 1. The third kappa shape index (κ3) is 2.29. The predicted molar refractivity (Wildman–Crippen MR) is 73.4 cm³/mol. The van der Waals surface area contributed by atoms with Crippen molar-refractivity contribution in [3.8, 4) is 0 Å². The largest absolute Gasteiger partial charge is 0.387 e. The molecule has 94 valence electrons. The average Bonchev–Trinajstić information content (AvgIpc) is 2.39. The van der Waals surface area contributed by atoms with E-state index in [0.29, 0.717) is 0 Å². The fourth-order valence-corrected chi connectivity index (χ4v) is 2.18. The second kappa shape index (κ2) is 4.91. The van der Waals surface area contributed by atoms with E-state index in [9.17, 15) is 5.11 Å². The molecule has 1 N–H and O–H groups in total. The predicted octanol–water partition coefficient (Wildman–Crippen LogP) is 3.40. The summed E-state index contributed by atoms with van der Waals surface area (Å²) >= 11 is 0.